The zero-order valence-corrected chi connectivity index (χ0v) is 17.5. The maximum Gasteiger partial charge on any atom is 0.145 e. The summed E-state index contributed by atoms with van der Waals surface area (Å²) in [4.78, 5) is 10.0. The predicted molar refractivity (Wildman–Crippen MR) is 127 cm³/mol. The van der Waals surface area contributed by atoms with Crippen LogP contribution in [-0.4, -0.2) is 14.4 Å². The van der Waals surface area contributed by atoms with Gasteiger partial charge in [-0.1, -0.05) is 76.6 Å². The van der Waals surface area contributed by atoms with Crippen molar-refractivity contribution >= 4 is 43.3 Å². The van der Waals surface area contributed by atoms with Crippen LogP contribution in [0, 0.1) is 0 Å². The van der Waals surface area contributed by atoms with Gasteiger partial charge in [-0.25, -0.2) is 9.97 Å². The lowest BCUT2D eigenvalue weighted by Gasteiger charge is -2.07. The number of nitrogens with zero attached hydrogens (tertiary/aromatic N) is 3. The number of para-hydroxylation sites is 2. The highest BCUT2D eigenvalue weighted by atomic mass is 79.9. The van der Waals surface area contributed by atoms with Crippen LogP contribution in [0.2, 0.25) is 0 Å². The topological polar surface area (TPSA) is 30.2 Å². The van der Waals surface area contributed by atoms with Gasteiger partial charge in [-0.2, -0.15) is 0 Å². The fourth-order valence-corrected chi connectivity index (χ4v) is 4.44. The van der Waals surface area contributed by atoms with E-state index < -0.39 is 0 Å². The first-order chi connectivity index (χ1) is 14.8. The van der Waals surface area contributed by atoms with Crippen LogP contribution in [0.4, 0.5) is 0 Å². The van der Waals surface area contributed by atoms with Gasteiger partial charge >= 0.3 is 0 Å². The molecule has 3 nitrogen and oxygen atoms in total. The molecule has 6 aromatic rings. The van der Waals surface area contributed by atoms with Gasteiger partial charge in [0.2, 0.25) is 0 Å². The van der Waals surface area contributed by atoms with Crippen molar-refractivity contribution < 1.29 is 0 Å². The Morgan fingerprint density at radius 1 is 0.633 bits per heavy atom. The van der Waals surface area contributed by atoms with Gasteiger partial charge < -0.3 is 0 Å². The van der Waals surface area contributed by atoms with Gasteiger partial charge in [0.15, 0.2) is 0 Å². The molecule has 3 heterocycles. The van der Waals surface area contributed by atoms with Crippen molar-refractivity contribution in [3.8, 4) is 22.8 Å². The zero-order chi connectivity index (χ0) is 20.1. The standard InChI is InChI=1S/C26H16BrN3/c27-20-9-5-8-19(16-20)26-29-25(22-14-12-17-6-1-3-10-21(17)28-22)24-15-13-18-7-2-4-11-23(18)30(24)26/h1-16H. The lowest BCUT2D eigenvalue weighted by atomic mass is 10.1. The number of rotatable bonds is 2. The molecule has 0 saturated heterocycles. The lowest BCUT2D eigenvalue weighted by Crippen LogP contribution is -1.92. The Morgan fingerprint density at radius 2 is 1.43 bits per heavy atom. The van der Waals surface area contributed by atoms with Gasteiger partial charge in [-0.05, 0) is 41.8 Å². The Balaban J connectivity index is 1.71. The Bertz CT molecular complexity index is 1570. The Hall–Kier alpha value is -3.50. The van der Waals surface area contributed by atoms with Crippen LogP contribution in [0.25, 0.3) is 50.1 Å². The van der Waals surface area contributed by atoms with Gasteiger partial charge in [0.25, 0.3) is 0 Å². The molecular formula is C26H16BrN3. The number of imidazole rings is 1. The third-order valence-corrected chi connectivity index (χ3v) is 5.93. The molecule has 0 aliphatic heterocycles. The highest BCUT2D eigenvalue weighted by Crippen LogP contribution is 2.33. The van der Waals surface area contributed by atoms with Crippen molar-refractivity contribution in [2.75, 3.05) is 0 Å². The van der Waals surface area contributed by atoms with E-state index in [1.165, 1.54) is 5.39 Å². The second kappa shape index (κ2) is 6.78. The molecule has 0 aliphatic rings. The minimum absolute atomic E-state index is 0.878. The summed E-state index contributed by atoms with van der Waals surface area (Å²) in [5.41, 5.74) is 5.98. The van der Waals surface area contributed by atoms with Gasteiger partial charge in [0.05, 0.1) is 22.2 Å². The number of pyridine rings is 2. The molecule has 0 saturated carbocycles. The molecule has 0 amide bonds. The Kier molecular flexibility index (Phi) is 3.93. The van der Waals surface area contributed by atoms with E-state index in [1.54, 1.807) is 0 Å². The highest BCUT2D eigenvalue weighted by molar-refractivity contribution is 9.10. The number of halogens is 1. The monoisotopic (exact) mass is 449 g/mol. The largest absolute Gasteiger partial charge is 0.292 e. The van der Waals surface area contributed by atoms with Gasteiger partial charge in [-0.3, -0.25) is 4.40 Å². The summed E-state index contributed by atoms with van der Waals surface area (Å²) in [6, 6.07) is 33.3. The first-order valence-corrected chi connectivity index (χ1v) is 10.6. The molecule has 0 radical (unpaired) electrons. The molecule has 30 heavy (non-hydrogen) atoms. The molecule has 0 fully saturated rings. The molecule has 3 aromatic carbocycles. The van der Waals surface area contributed by atoms with Crippen molar-refractivity contribution in [2.45, 2.75) is 0 Å². The van der Waals surface area contributed by atoms with Gasteiger partial charge in [-0.15, -0.1) is 0 Å². The molecular weight excluding hydrogens is 434 g/mol. The highest BCUT2D eigenvalue weighted by Gasteiger charge is 2.17. The summed E-state index contributed by atoms with van der Waals surface area (Å²) in [6.07, 6.45) is 0. The number of fused-ring (bicyclic) bond motifs is 4. The quantitative estimate of drug-likeness (QED) is 0.281. The first kappa shape index (κ1) is 17.4. The van der Waals surface area contributed by atoms with E-state index in [2.05, 4.69) is 87.1 Å². The van der Waals surface area contributed by atoms with Gasteiger partial charge in [0, 0.05) is 15.4 Å². The van der Waals surface area contributed by atoms with Crippen molar-refractivity contribution in [1.82, 2.24) is 14.4 Å². The summed E-state index contributed by atoms with van der Waals surface area (Å²) in [5.74, 6) is 0.910. The van der Waals surface area contributed by atoms with E-state index >= 15 is 0 Å². The van der Waals surface area contributed by atoms with Crippen molar-refractivity contribution in [1.29, 1.82) is 0 Å². The zero-order valence-electron chi connectivity index (χ0n) is 16.0. The van der Waals surface area contributed by atoms with Crippen LogP contribution >= 0.6 is 15.9 Å². The molecule has 0 atom stereocenters. The van der Waals surface area contributed by atoms with Crippen LogP contribution in [-0.2, 0) is 0 Å². The molecule has 4 heteroatoms. The first-order valence-electron chi connectivity index (χ1n) is 9.80. The number of aromatic nitrogens is 3. The van der Waals surface area contributed by atoms with Crippen molar-refractivity contribution in [3.05, 3.63) is 102 Å². The Morgan fingerprint density at radius 3 is 2.33 bits per heavy atom. The fraction of sp³-hybridized carbons (Fsp3) is 0. The SMILES string of the molecule is Brc1cccc(-c2nc(-c3ccc4ccccc4n3)c3ccc4ccccc4n23)c1. The molecule has 0 unspecified atom stereocenters. The maximum absolute atomic E-state index is 5.11. The summed E-state index contributed by atoms with van der Waals surface area (Å²) in [5, 5.41) is 2.30. The minimum Gasteiger partial charge on any atom is -0.292 e. The molecule has 0 bridgehead atoms. The van der Waals surface area contributed by atoms with E-state index in [-0.39, 0.29) is 0 Å². The third-order valence-electron chi connectivity index (χ3n) is 5.44. The summed E-state index contributed by atoms with van der Waals surface area (Å²) >= 11 is 3.60. The lowest BCUT2D eigenvalue weighted by molar-refractivity contribution is 1.21. The summed E-state index contributed by atoms with van der Waals surface area (Å²) in [7, 11) is 0. The second-order valence-corrected chi connectivity index (χ2v) is 8.21. The van der Waals surface area contributed by atoms with Gasteiger partial charge in [0.1, 0.15) is 11.5 Å². The molecule has 0 spiro atoms. The molecule has 0 aliphatic carbocycles. The van der Waals surface area contributed by atoms with E-state index in [0.29, 0.717) is 0 Å². The molecule has 0 N–H and O–H groups in total. The van der Waals surface area contributed by atoms with Crippen molar-refractivity contribution in [3.63, 3.8) is 0 Å². The summed E-state index contributed by atoms with van der Waals surface area (Å²) < 4.78 is 3.27. The van der Waals surface area contributed by atoms with Crippen LogP contribution in [0.3, 0.4) is 0 Å². The van der Waals surface area contributed by atoms with Crippen LogP contribution in [0.1, 0.15) is 0 Å². The number of hydrogen-bond donors (Lipinski definition) is 0. The molecule has 3 aromatic heterocycles. The van der Waals surface area contributed by atoms with E-state index in [0.717, 1.165) is 49.2 Å². The van der Waals surface area contributed by atoms with E-state index in [1.807, 2.05) is 30.3 Å². The fourth-order valence-electron chi connectivity index (χ4n) is 4.04. The predicted octanol–water partition coefficient (Wildman–Crippen LogP) is 7.13. The van der Waals surface area contributed by atoms with Crippen molar-refractivity contribution in [2.24, 2.45) is 0 Å². The van der Waals surface area contributed by atoms with E-state index in [9.17, 15) is 0 Å². The van der Waals surface area contributed by atoms with Crippen LogP contribution < -0.4 is 0 Å². The maximum atomic E-state index is 5.11. The smallest absolute Gasteiger partial charge is 0.145 e. The van der Waals surface area contributed by atoms with Crippen LogP contribution in [0.5, 0.6) is 0 Å². The average molecular weight is 450 g/mol. The molecule has 6 rings (SSSR count). The minimum atomic E-state index is 0.878. The Labute approximate surface area is 181 Å². The number of hydrogen-bond acceptors (Lipinski definition) is 2. The average Bonchev–Trinajstić information content (AvgIpc) is 3.19. The van der Waals surface area contributed by atoms with E-state index in [4.69, 9.17) is 9.97 Å². The normalized spacial score (nSPS) is 11.5. The molecule has 142 valence electrons. The third kappa shape index (κ3) is 2.72. The number of benzene rings is 3. The second-order valence-electron chi connectivity index (χ2n) is 7.30. The van der Waals surface area contributed by atoms with Crippen LogP contribution in [0.15, 0.2) is 102 Å². The summed E-state index contributed by atoms with van der Waals surface area (Å²) in [6.45, 7) is 0.